The molecule has 0 aliphatic rings. The number of amides is 2. The Morgan fingerprint density at radius 1 is 0.929 bits per heavy atom. The zero-order valence-corrected chi connectivity index (χ0v) is 16.5. The Bertz CT molecular complexity index is 826. The average Bonchev–Trinajstić information content (AvgIpc) is 2.68. The van der Waals surface area contributed by atoms with Crippen LogP contribution in [0.15, 0.2) is 54.6 Å². The maximum atomic E-state index is 12.8. The van der Waals surface area contributed by atoms with E-state index in [9.17, 15) is 14.4 Å². The van der Waals surface area contributed by atoms with Crippen molar-refractivity contribution in [2.75, 3.05) is 7.11 Å². The highest BCUT2D eigenvalue weighted by molar-refractivity contribution is 6.31. The Kier molecular flexibility index (Phi) is 8.02. The van der Waals surface area contributed by atoms with Crippen LogP contribution in [0.1, 0.15) is 18.1 Å². The Balaban J connectivity index is 2.17. The summed E-state index contributed by atoms with van der Waals surface area (Å²) in [5.74, 6) is -1.40. The van der Waals surface area contributed by atoms with Crippen molar-refractivity contribution in [3.63, 3.8) is 0 Å². The molecule has 2 aromatic rings. The van der Waals surface area contributed by atoms with Gasteiger partial charge in [-0.3, -0.25) is 9.59 Å². The van der Waals surface area contributed by atoms with Gasteiger partial charge in [0.2, 0.25) is 11.8 Å². The lowest BCUT2D eigenvalue weighted by molar-refractivity contribution is -0.145. The first-order valence-electron chi connectivity index (χ1n) is 8.83. The molecule has 0 aliphatic heterocycles. The minimum atomic E-state index is -0.926. The van der Waals surface area contributed by atoms with Crippen molar-refractivity contribution in [1.29, 1.82) is 0 Å². The predicted molar refractivity (Wildman–Crippen MR) is 107 cm³/mol. The van der Waals surface area contributed by atoms with Crippen molar-refractivity contribution >= 4 is 29.4 Å². The molecule has 28 heavy (non-hydrogen) atoms. The maximum Gasteiger partial charge on any atom is 0.328 e. The Morgan fingerprint density at radius 3 is 2.18 bits per heavy atom. The molecule has 0 bridgehead atoms. The molecule has 148 valence electrons. The molecule has 0 unspecified atom stereocenters. The summed E-state index contributed by atoms with van der Waals surface area (Å²) in [6.45, 7) is 1.34. The highest BCUT2D eigenvalue weighted by Crippen LogP contribution is 2.17. The minimum absolute atomic E-state index is 0.177. The summed E-state index contributed by atoms with van der Waals surface area (Å²) in [7, 11) is 1.25. The van der Waals surface area contributed by atoms with Gasteiger partial charge in [0.1, 0.15) is 12.1 Å². The molecule has 7 heteroatoms. The summed E-state index contributed by atoms with van der Waals surface area (Å²) in [6, 6.07) is 14.6. The number of hydrogen-bond acceptors (Lipinski definition) is 4. The second-order valence-corrected chi connectivity index (χ2v) is 6.73. The van der Waals surface area contributed by atoms with Crippen LogP contribution in [0.25, 0.3) is 0 Å². The van der Waals surface area contributed by atoms with E-state index in [0.717, 1.165) is 5.56 Å². The number of benzene rings is 2. The second kappa shape index (κ2) is 10.5. The molecule has 0 saturated heterocycles. The van der Waals surface area contributed by atoms with E-state index in [1.54, 1.807) is 24.3 Å². The zero-order valence-electron chi connectivity index (χ0n) is 15.8. The van der Waals surface area contributed by atoms with Gasteiger partial charge in [-0.1, -0.05) is 60.1 Å². The van der Waals surface area contributed by atoms with Gasteiger partial charge in [-0.15, -0.1) is 0 Å². The summed E-state index contributed by atoms with van der Waals surface area (Å²) < 4.78 is 4.82. The molecular formula is C21H23ClN2O4. The van der Waals surface area contributed by atoms with Gasteiger partial charge in [-0.2, -0.15) is 0 Å². The van der Waals surface area contributed by atoms with Crippen molar-refractivity contribution in [2.45, 2.75) is 31.8 Å². The summed E-state index contributed by atoms with van der Waals surface area (Å²) in [4.78, 5) is 36.6. The van der Waals surface area contributed by atoms with E-state index >= 15 is 0 Å². The summed E-state index contributed by atoms with van der Waals surface area (Å²) >= 11 is 6.17. The summed E-state index contributed by atoms with van der Waals surface area (Å²) in [5, 5.41) is 5.81. The Hall–Kier alpha value is -2.86. The topological polar surface area (TPSA) is 84.5 Å². The third-order valence-electron chi connectivity index (χ3n) is 4.16. The molecule has 2 N–H and O–H groups in total. The van der Waals surface area contributed by atoms with Crippen LogP contribution in [0.3, 0.4) is 0 Å². The maximum absolute atomic E-state index is 12.8. The molecule has 2 aromatic carbocycles. The van der Waals surface area contributed by atoms with Crippen LogP contribution in [0.5, 0.6) is 0 Å². The van der Waals surface area contributed by atoms with Crippen LogP contribution in [0.4, 0.5) is 0 Å². The van der Waals surface area contributed by atoms with E-state index in [0.29, 0.717) is 17.0 Å². The number of nitrogens with one attached hydrogen (secondary N) is 2. The molecule has 0 aromatic heterocycles. The fourth-order valence-corrected chi connectivity index (χ4v) is 3.01. The highest BCUT2D eigenvalue weighted by atomic mass is 35.5. The molecule has 0 radical (unpaired) electrons. The lowest BCUT2D eigenvalue weighted by Gasteiger charge is -2.22. The molecule has 6 nitrogen and oxygen atoms in total. The number of hydrogen-bond donors (Lipinski definition) is 2. The number of carbonyl (C=O) groups excluding carboxylic acids is 3. The van der Waals surface area contributed by atoms with Crippen molar-refractivity contribution in [3.8, 4) is 0 Å². The van der Waals surface area contributed by atoms with Crippen LogP contribution in [0, 0.1) is 0 Å². The molecular weight excluding hydrogens is 380 g/mol. The second-order valence-electron chi connectivity index (χ2n) is 6.32. The Morgan fingerprint density at radius 2 is 1.57 bits per heavy atom. The zero-order chi connectivity index (χ0) is 20.5. The number of rotatable bonds is 8. The van der Waals surface area contributed by atoms with E-state index in [1.807, 2.05) is 30.3 Å². The molecule has 2 atom stereocenters. The summed E-state index contributed by atoms with van der Waals surface area (Å²) in [6.07, 6.45) is 0.475. The fraction of sp³-hybridized carbons (Fsp3) is 0.286. The van der Waals surface area contributed by atoms with Gasteiger partial charge >= 0.3 is 5.97 Å². The molecule has 2 rings (SSSR count). The number of methoxy groups -OCH3 is 1. The van der Waals surface area contributed by atoms with Crippen LogP contribution in [-0.4, -0.2) is 37.0 Å². The van der Waals surface area contributed by atoms with Gasteiger partial charge in [0.15, 0.2) is 0 Å². The molecule has 0 heterocycles. The first-order valence-corrected chi connectivity index (χ1v) is 9.21. The van der Waals surface area contributed by atoms with Gasteiger partial charge in [0.05, 0.1) is 7.11 Å². The smallest absolute Gasteiger partial charge is 0.328 e. The van der Waals surface area contributed by atoms with E-state index in [2.05, 4.69) is 10.6 Å². The molecule has 0 spiro atoms. The SMILES string of the molecule is COC(=O)[C@H](Cc1ccccc1Cl)NC(=O)[C@H](Cc1ccccc1)NC(C)=O. The molecule has 2 amide bonds. The largest absolute Gasteiger partial charge is 0.467 e. The lowest BCUT2D eigenvalue weighted by atomic mass is 10.0. The number of esters is 1. The van der Waals surface area contributed by atoms with E-state index in [4.69, 9.17) is 16.3 Å². The highest BCUT2D eigenvalue weighted by Gasteiger charge is 2.27. The normalized spacial score (nSPS) is 12.5. The number of carbonyl (C=O) groups is 3. The molecule has 0 aliphatic carbocycles. The van der Waals surface area contributed by atoms with Crippen LogP contribution in [0.2, 0.25) is 5.02 Å². The van der Waals surface area contributed by atoms with Gasteiger partial charge in [-0.05, 0) is 17.2 Å². The van der Waals surface area contributed by atoms with Crippen molar-refractivity contribution in [1.82, 2.24) is 10.6 Å². The molecule has 0 fully saturated rings. The minimum Gasteiger partial charge on any atom is -0.467 e. The van der Waals surface area contributed by atoms with Crippen LogP contribution >= 0.6 is 11.6 Å². The van der Waals surface area contributed by atoms with Gasteiger partial charge < -0.3 is 15.4 Å². The van der Waals surface area contributed by atoms with Crippen molar-refractivity contribution < 1.29 is 19.1 Å². The Labute approximate surface area is 169 Å². The lowest BCUT2D eigenvalue weighted by Crippen LogP contribution is -2.53. The predicted octanol–water partition coefficient (Wildman–Crippen LogP) is 2.29. The quantitative estimate of drug-likeness (QED) is 0.663. The van der Waals surface area contributed by atoms with Gasteiger partial charge in [0.25, 0.3) is 0 Å². The average molecular weight is 403 g/mol. The van der Waals surface area contributed by atoms with Gasteiger partial charge in [-0.25, -0.2) is 4.79 Å². The first-order chi connectivity index (χ1) is 13.4. The number of ether oxygens (including phenoxy) is 1. The van der Waals surface area contributed by atoms with E-state index in [-0.39, 0.29) is 12.3 Å². The van der Waals surface area contributed by atoms with E-state index in [1.165, 1.54) is 14.0 Å². The van der Waals surface area contributed by atoms with Crippen molar-refractivity contribution in [2.24, 2.45) is 0 Å². The van der Waals surface area contributed by atoms with Crippen LogP contribution in [-0.2, 0) is 32.0 Å². The van der Waals surface area contributed by atoms with Crippen LogP contribution < -0.4 is 10.6 Å². The fourth-order valence-electron chi connectivity index (χ4n) is 2.80. The van der Waals surface area contributed by atoms with Crippen molar-refractivity contribution in [3.05, 3.63) is 70.7 Å². The third kappa shape index (κ3) is 6.39. The molecule has 0 saturated carbocycles. The van der Waals surface area contributed by atoms with E-state index < -0.39 is 24.0 Å². The first kappa shape index (κ1) is 21.4. The standard InChI is InChI=1S/C21H23ClN2O4/c1-14(25)23-18(12-15-8-4-3-5-9-15)20(26)24-19(21(27)28-2)13-16-10-6-7-11-17(16)22/h3-11,18-19H,12-13H2,1-2H3,(H,23,25)(H,24,26)/t18-,19-/m0/s1. The monoisotopic (exact) mass is 402 g/mol. The summed E-state index contributed by atoms with van der Waals surface area (Å²) in [5.41, 5.74) is 1.59. The number of halogens is 1. The third-order valence-corrected chi connectivity index (χ3v) is 4.53. The van der Waals surface area contributed by atoms with Gasteiger partial charge in [0, 0.05) is 24.8 Å².